The Hall–Kier alpha value is -0.170. The molecule has 0 aliphatic carbocycles. The summed E-state index contributed by atoms with van der Waals surface area (Å²) < 4.78 is 0. The second kappa shape index (κ2) is 5.54. The first kappa shape index (κ1) is 10.9. The summed E-state index contributed by atoms with van der Waals surface area (Å²) >= 11 is 17.3. The van der Waals surface area contributed by atoms with Crippen LogP contribution in [0.1, 0.15) is 12.0 Å². The molecule has 0 saturated carbocycles. The van der Waals surface area contributed by atoms with Crippen molar-refractivity contribution in [1.29, 1.82) is 0 Å². The molecule has 1 aromatic carbocycles. The normalized spacial score (nSPS) is 11.0. The van der Waals surface area contributed by atoms with E-state index in [2.05, 4.69) is 0 Å². The predicted octanol–water partition coefficient (Wildman–Crippen LogP) is 4.64. The highest BCUT2D eigenvalue weighted by atomic mass is 35.5. The first-order valence-corrected chi connectivity index (χ1v) is 5.20. The molecule has 70 valence electrons. The highest BCUT2D eigenvalue weighted by molar-refractivity contribution is 6.34. The molecule has 1 aromatic rings. The fourth-order valence-corrected chi connectivity index (χ4v) is 1.40. The van der Waals surface area contributed by atoms with Gasteiger partial charge >= 0.3 is 0 Å². The molecule has 0 N–H and O–H groups in total. The van der Waals surface area contributed by atoms with Crippen LogP contribution in [0, 0.1) is 0 Å². The maximum absolute atomic E-state index is 5.93. The lowest BCUT2D eigenvalue weighted by Crippen LogP contribution is -1.75. The molecule has 0 nitrogen and oxygen atoms in total. The molecule has 0 heterocycles. The summed E-state index contributed by atoms with van der Waals surface area (Å²) in [6.07, 6.45) is 4.74. The molecule has 0 bridgehead atoms. The van der Waals surface area contributed by atoms with E-state index in [9.17, 15) is 0 Å². The van der Waals surface area contributed by atoms with Crippen molar-refractivity contribution in [3.8, 4) is 0 Å². The summed E-state index contributed by atoms with van der Waals surface area (Å²) in [5.74, 6) is 0.620. The Labute approximate surface area is 93.1 Å². The molecule has 0 spiro atoms. The molecule has 0 saturated heterocycles. The van der Waals surface area contributed by atoms with E-state index in [0.717, 1.165) is 12.0 Å². The van der Waals surface area contributed by atoms with Gasteiger partial charge in [-0.05, 0) is 30.2 Å². The number of benzene rings is 1. The highest BCUT2D eigenvalue weighted by Crippen LogP contribution is 2.21. The quantitative estimate of drug-likeness (QED) is 0.670. The van der Waals surface area contributed by atoms with Crippen molar-refractivity contribution < 1.29 is 0 Å². The minimum absolute atomic E-state index is 0.620. The van der Waals surface area contributed by atoms with E-state index in [1.165, 1.54) is 0 Å². The number of halogens is 3. The van der Waals surface area contributed by atoms with Crippen molar-refractivity contribution in [1.82, 2.24) is 0 Å². The average molecular weight is 236 g/mol. The van der Waals surface area contributed by atoms with E-state index in [1.807, 2.05) is 18.2 Å². The van der Waals surface area contributed by atoms with Gasteiger partial charge in [-0.2, -0.15) is 0 Å². The molecular weight excluding hydrogens is 226 g/mol. The summed E-state index contributed by atoms with van der Waals surface area (Å²) in [7, 11) is 0. The molecule has 0 radical (unpaired) electrons. The minimum Gasteiger partial charge on any atom is -0.126 e. The SMILES string of the molecule is ClCCC=Cc1cc(Cl)ccc1Cl. The van der Waals surface area contributed by atoms with Crippen LogP contribution in [0.15, 0.2) is 24.3 Å². The third-order valence-electron chi connectivity index (χ3n) is 1.53. The lowest BCUT2D eigenvalue weighted by Gasteiger charge is -1.98. The lowest BCUT2D eigenvalue weighted by molar-refractivity contribution is 1.24. The summed E-state index contributed by atoms with van der Waals surface area (Å²) in [6.45, 7) is 0. The minimum atomic E-state index is 0.620. The molecule has 0 aromatic heterocycles. The number of hydrogen-bond acceptors (Lipinski definition) is 0. The van der Waals surface area contributed by atoms with E-state index in [4.69, 9.17) is 34.8 Å². The second-order valence-electron chi connectivity index (χ2n) is 2.55. The van der Waals surface area contributed by atoms with Crippen LogP contribution in [-0.2, 0) is 0 Å². The van der Waals surface area contributed by atoms with Crippen LogP contribution in [0.4, 0.5) is 0 Å². The fourth-order valence-electron chi connectivity index (χ4n) is 0.916. The molecule has 0 aliphatic rings. The molecular formula is C10H9Cl3. The molecule has 0 fully saturated rings. The third kappa shape index (κ3) is 3.60. The van der Waals surface area contributed by atoms with Gasteiger partial charge in [0.05, 0.1) is 0 Å². The molecule has 1 rings (SSSR count). The van der Waals surface area contributed by atoms with Crippen LogP contribution in [0.2, 0.25) is 10.0 Å². The second-order valence-corrected chi connectivity index (χ2v) is 3.77. The Morgan fingerprint density at radius 3 is 2.69 bits per heavy atom. The van der Waals surface area contributed by atoms with Gasteiger partial charge in [-0.1, -0.05) is 35.4 Å². The molecule has 0 aliphatic heterocycles. The van der Waals surface area contributed by atoms with Gasteiger partial charge in [-0.15, -0.1) is 11.6 Å². The van der Waals surface area contributed by atoms with Crippen LogP contribution < -0.4 is 0 Å². The van der Waals surface area contributed by atoms with Crippen molar-refractivity contribution in [2.24, 2.45) is 0 Å². The number of allylic oxidation sites excluding steroid dienone is 1. The zero-order chi connectivity index (χ0) is 9.68. The van der Waals surface area contributed by atoms with Gasteiger partial charge in [0.2, 0.25) is 0 Å². The van der Waals surface area contributed by atoms with Gasteiger partial charge in [0, 0.05) is 15.9 Å². The maximum Gasteiger partial charge on any atom is 0.0479 e. The standard InChI is InChI=1S/C10H9Cl3/c11-6-2-1-3-8-7-9(12)4-5-10(8)13/h1,3-5,7H,2,6H2. The van der Waals surface area contributed by atoms with Crippen LogP contribution in [0.5, 0.6) is 0 Å². The smallest absolute Gasteiger partial charge is 0.0479 e. The predicted molar refractivity (Wildman–Crippen MR) is 60.8 cm³/mol. The van der Waals surface area contributed by atoms with Crippen LogP contribution in [-0.4, -0.2) is 5.88 Å². The Balaban J connectivity index is 2.81. The van der Waals surface area contributed by atoms with Crippen molar-refractivity contribution in [2.45, 2.75) is 6.42 Å². The molecule has 0 unspecified atom stereocenters. The van der Waals surface area contributed by atoms with Gasteiger partial charge in [0.15, 0.2) is 0 Å². The van der Waals surface area contributed by atoms with E-state index >= 15 is 0 Å². The first-order chi connectivity index (χ1) is 6.24. The largest absolute Gasteiger partial charge is 0.126 e. The fraction of sp³-hybridized carbons (Fsp3) is 0.200. The summed E-state index contributed by atoms with van der Waals surface area (Å²) in [4.78, 5) is 0. The van der Waals surface area contributed by atoms with Gasteiger partial charge < -0.3 is 0 Å². The van der Waals surface area contributed by atoms with E-state index < -0.39 is 0 Å². The van der Waals surface area contributed by atoms with Crippen molar-refractivity contribution >= 4 is 40.9 Å². The highest BCUT2D eigenvalue weighted by Gasteiger charge is 1.96. The Kier molecular flexibility index (Phi) is 4.65. The molecule has 3 heteroatoms. The van der Waals surface area contributed by atoms with Crippen molar-refractivity contribution in [3.05, 3.63) is 39.9 Å². The lowest BCUT2D eigenvalue weighted by atomic mass is 10.2. The Morgan fingerprint density at radius 2 is 2.00 bits per heavy atom. The van der Waals surface area contributed by atoms with Crippen LogP contribution >= 0.6 is 34.8 Å². The zero-order valence-electron chi connectivity index (χ0n) is 6.93. The van der Waals surface area contributed by atoms with Gasteiger partial charge in [0.1, 0.15) is 0 Å². The van der Waals surface area contributed by atoms with Gasteiger partial charge in [-0.3, -0.25) is 0 Å². The Morgan fingerprint density at radius 1 is 1.23 bits per heavy atom. The molecule has 0 amide bonds. The van der Waals surface area contributed by atoms with E-state index in [0.29, 0.717) is 15.9 Å². The number of alkyl halides is 1. The number of rotatable bonds is 3. The average Bonchev–Trinajstić information content (AvgIpc) is 2.11. The molecule has 0 atom stereocenters. The number of hydrogen-bond donors (Lipinski definition) is 0. The van der Waals surface area contributed by atoms with Gasteiger partial charge in [0.25, 0.3) is 0 Å². The zero-order valence-corrected chi connectivity index (χ0v) is 9.20. The first-order valence-electron chi connectivity index (χ1n) is 3.91. The summed E-state index contributed by atoms with van der Waals surface area (Å²) in [5.41, 5.74) is 0.930. The van der Waals surface area contributed by atoms with Crippen molar-refractivity contribution in [2.75, 3.05) is 5.88 Å². The van der Waals surface area contributed by atoms with Gasteiger partial charge in [-0.25, -0.2) is 0 Å². The summed E-state index contributed by atoms with van der Waals surface area (Å²) in [5, 5.41) is 1.39. The summed E-state index contributed by atoms with van der Waals surface area (Å²) in [6, 6.07) is 5.38. The molecule has 13 heavy (non-hydrogen) atoms. The van der Waals surface area contributed by atoms with Crippen LogP contribution in [0.25, 0.3) is 6.08 Å². The van der Waals surface area contributed by atoms with Crippen molar-refractivity contribution in [3.63, 3.8) is 0 Å². The maximum atomic E-state index is 5.93. The van der Waals surface area contributed by atoms with Crippen LogP contribution in [0.3, 0.4) is 0 Å². The topological polar surface area (TPSA) is 0 Å². The Bertz CT molecular complexity index is 305. The van der Waals surface area contributed by atoms with E-state index in [-0.39, 0.29) is 0 Å². The van der Waals surface area contributed by atoms with E-state index in [1.54, 1.807) is 12.1 Å². The third-order valence-corrected chi connectivity index (χ3v) is 2.33. The monoisotopic (exact) mass is 234 g/mol.